The predicted octanol–water partition coefficient (Wildman–Crippen LogP) is 8.17. The Bertz CT molecular complexity index is 3030. The van der Waals surface area contributed by atoms with Crippen LogP contribution >= 0.6 is 14.3 Å². The molecule has 61 heavy (non-hydrogen) atoms. The third kappa shape index (κ3) is 7.55. The van der Waals surface area contributed by atoms with E-state index in [1.165, 1.54) is 0 Å². The first-order valence-electron chi connectivity index (χ1n) is 18.9. The molecule has 2 unspecified atom stereocenters. The van der Waals surface area contributed by atoms with Crippen molar-refractivity contribution in [3.63, 3.8) is 0 Å². The first-order chi connectivity index (χ1) is 29.0. The van der Waals surface area contributed by atoms with E-state index < -0.39 is 14.3 Å². The second kappa shape index (κ2) is 17.7. The number of hydrogen-bond donors (Lipinski definition) is 0. The van der Waals surface area contributed by atoms with Crippen molar-refractivity contribution >= 4 is 67.9 Å². The smallest absolute Gasteiger partial charge is 0.328 e. The summed E-state index contributed by atoms with van der Waals surface area (Å²) in [5.41, 5.74) is 4.14. The molecule has 0 amide bonds. The number of rotatable bonds is 9. The SMILES string of the molecule is O=P(c1[c-]c(-c2ccccn2)ccc1)(c1[c-]c2c(cc1)c1ccc(P(=O)(c3[c-]c(-c4ccccn4)ccc3)c3ccccc3)[c-]c1n2-c1ncccn1)c1ccccc1.[Pd+2].[Pt+2]. The fourth-order valence-electron chi connectivity index (χ4n) is 7.53. The summed E-state index contributed by atoms with van der Waals surface area (Å²) in [6, 6.07) is 65.3. The quantitative estimate of drug-likeness (QED) is 0.0824. The summed E-state index contributed by atoms with van der Waals surface area (Å²) < 4.78 is 33.8. The maximum absolute atomic E-state index is 16.0. The summed E-state index contributed by atoms with van der Waals surface area (Å²) in [7, 11) is -7.17. The van der Waals surface area contributed by atoms with Crippen LogP contribution in [0.4, 0.5) is 0 Å². The Morgan fingerprint density at radius 2 is 0.803 bits per heavy atom. The van der Waals surface area contributed by atoms with Gasteiger partial charge in [0.2, 0.25) is 5.95 Å². The molecule has 0 aliphatic rings. The molecule has 298 valence electrons. The van der Waals surface area contributed by atoms with Gasteiger partial charge in [-0.2, -0.15) is 35.0 Å². The molecule has 0 aliphatic carbocycles. The Hall–Kier alpha value is -5.69. The molecule has 2 atom stereocenters. The van der Waals surface area contributed by atoms with E-state index in [4.69, 9.17) is 0 Å². The molecule has 0 bridgehead atoms. The van der Waals surface area contributed by atoms with Gasteiger partial charge in [0.15, 0.2) is 0 Å². The van der Waals surface area contributed by atoms with E-state index in [9.17, 15) is 0 Å². The van der Waals surface area contributed by atoms with Crippen molar-refractivity contribution in [2.45, 2.75) is 0 Å². The van der Waals surface area contributed by atoms with Gasteiger partial charge >= 0.3 is 41.5 Å². The van der Waals surface area contributed by atoms with Crippen LogP contribution in [0.2, 0.25) is 0 Å². The van der Waals surface area contributed by atoms with Gasteiger partial charge in [-0.25, -0.2) is 9.97 Å². The molecule has 0 radical (unpaired) electrons. The predicted molar refractivity (Wildman–Crippen MR) is 237 cm³/mol. The molecule has 6 aromatic carbocycles. The Balaban J connectivity index is 0.00000257. The first-order valence-corrected chi connectivity index (χ1v) is 22.3. The molecular formula is C50H31N5O2P2PdPt. The van der Waals surface area contributed by atoms with Crippen molar-refractivity contribution in [1.82, 2.24) is 24.5 Å². The van der Waals surface area contributed by atoms with Gasteiger partial charge in [0.25, 0.3) is 0 Å². The maximum Gasteiger partial charge on any atom is 2.00 e. The van der Waals surface area contributed by atoms with Gasteiger partial charge < -0.3 is 23.7 Å². The molecule has 0 N–H and O–H groups in total. The molecular weight excluding hydrogens is 1070 g/mol. The monoisotopic (exact) mass is 1100 g/mol. The van der Waals surface area contributed by atoms with E-state index in [1.807, 2.05) is 162 Å². The fourth-order valence-corrected chi connectivity index (χ4v) is 12.6. The molecule has 0 fully saturated rings. The average Bonchev–Trinajstić information content (AvgIpc) is 3.65. The standard InChI is InChI=1S/C50H31N5O2P2.Pd.Pt/c56-58(38-16-3-1-4-17-38,40-20-11-14-36(32-40)46-22-7-9-28-51-46)42-24-26-44-45-27-25-43(35-49(45)55(48(44)34-42)50-53-30-13-31-54-50)59(57,39-18-5-2-6-19-39)41-21-12-15-37(33-41)47-23-8-10-29-52-47;;/h1-31H;;/q-4;2*+2. The van der Waals surface area contributed by atoms with Crippen LogP contribution in [0.5, 0.6) is 0 Å². The third-order valence-electron chi connectivity index (χ3n) is 10.3. The van der Waals surface area contributed by atoms with Crippen LogP contribution in [0, 0.1) is 24.3 Å². The summed E-state index contributed by atoms with van der Waals surface area (Å²) in [5.74, 6) is 0.366. The summed E-state index contributed by atoms with van der Waals surface area (Å²) in [4.78, 5) is 18.4. The topological polar surface area (TPSA) is 90.6 Å². The number of nitrogens with zero attached hydrogens (tertiary/aromatic N) is 5. The normalized spacial score (nSPS) is 13.0. The fraction of sp³-hybridized carbons (Fsp3) is 0. The van der Waals surface area contributed by atoms with E-state index in [2.05, 4.69) is 44.2 Å². The molecule has 4 heterocycles. The number of aromatic nitrogens is 5. The zero-order chi connectivity index (χ0) is 39.8. The zero-order valence-corrected chi connectivity index (χ0v) is 37.6. The minimum absolute atomic E-state index is 0. The van der Waals surface area contributed by atoms with E-state index in [0.29, 0.717) is 48.8 Å². The Labute approximate surface area is 381 Å². The van der Waals surface area contributed by atoms with E-state index in [0.717, 1.165) is 33.3 Å². The molecule has 4 aromatic heterocycles. The Kier molecular flexibility index (Phi) is 12.2. The van der Waals surface area contributed by atoms with Gasteiger partial charge in [-0.3, -0.25) is 0 Å². The van der Waals surface area contributed by atoms with E-state index in [-0.39, 0.29) is 41.5 Å². The first kappa shape index (κ1) is 42.0. The molecule has 10 rings (SSSR count). The summed E-state index contributed by atoms with van der Waals surface area (Å²) >= 11 is 0. The molecule has 11 heteroatoms. The molecule has 0 saturated heterocycles. The van der Waals surface area contributed by atoms with E-state index >= 15 is 9.13 Å². The molecule has 0 spiro atoms. The number of hydrogen-bond acceptors (Lipinski definition) is 6. The van der Waals surface area contributed by atoms with Crippen molar-refractivity contribution in [1.29, 1.82) is 0 Å². The van der Waals surface area contributed by atoms with Gasteiger partial charge in [0.05, 0.1) is 0 Å². The number of pyridine rings is 2. The van der Waals surface area contributed by atoms with Gasteiger partial charge in [-0.1, -0.05) is 117 Å². The second-order valence-electron chi connectivity index (χ2n) is 13.8. The number of benzene rings is 6. The third-order valence-corrected chi connectivity index (χ3v) is 16.2. The molecule has 0 saturated carbocycles. The minimum Gasteiger partial charge on any atom is -0.328 e. The second-order valence-corrected chi connectivity index (χ2v) is 19.2. The molecule has 0 aliphatic heterocycles. The summed E-state index contributed by atoms with van der Waals surface area (Å²) in [5, 5.41) is 4.97. The minimum atomic E-state index is -3.59. The Morgan fingerprint density at radius 1 is 0.393 bits per heavy atom. The summed E-state index contributed by atoms with van der Waals surface area (Å²) in [6.45, 7) is 0. The van der Waals surface area contributed by atoms with Crippen LogP contribution in [0.3, 0.4) is 0 Å². The molecule has 7 nitrogen and oxygen atoms in total. The summed E-state index contributed by atoms with van der Waals surface area (Å²) in [6.07, 6.45) is 6.82. The zero-order valence-electron chi connectivity index (χ0n) is 32.0. The van der Waals surface area contributed by atoms with Crippen molar-refractivity contribution in [2.24, 2.45) is 0 Å². The van der Waals surface area contributed by atoms with Gasteiger partial charge in [-0.05, 0) is 29.6 Å². The van der Waals surface area contributed by atoms with E-state index in [1.54, 1.807) is 30.9 Å². The van der Waals surface area contributed by atoms with Gasteiger partial charge in [0.1, 0.15) is 14.3 Å². The van der Waals surface area contributed by atoms with Crippen LogP contribution < -0.4 is 31.8 Å². The van der Waals surface area contributed by atoms with Crippen LogP contribution in [0.25, 0.3) is 50.3 Å². The largest absolute Gasteiger partial charge is 2.00 e. The van der Waals surface area contributed by atoms with Gasteiger partial charge in [-0.15, -0.1) is 71.8 Å². The maximum atomic E-state index is 16.0. The Morgan fingerprint density at radius 3 is 1.23 bits per heavy atom. The van der Waals surface area contributed by atoms with Crippen molar-refractivity contribution in [2.75, 3.05) is 0 Å². The van der Waals surface area contributed by atoms with Crippen molar-refractivity contribution in [3.8, 4) is 28.5 Å². The van der Waals surface area contributed by atoms with Crippen molar-refractivity contribution < 1.29 is 50.6 Å². The number of fused-ring (bicyclic) bond motifs is 3. The van der Waals surface area contributed by atoms with Crippen LogP contribution in [-0.4, -0.2) is 24.5 Å². The molecule has 10 aromatic rings. The van der Waals surface area contributed by atoms with Crippen LogP contribution in [0.15, 0.2) is 189 Å². The van der Waals surface area contributed by atoms with Crippen LogP contribution in [-0.2, 0) is 50.6 Å². The van der Waals surface area contributed by atoms with Crippen LogP contribution in [0.1, 0.15) is 0 Å². The van der Waals surface area contributed by atoms with Gasteiger partial charge in [0, 0.05) is 35.4 Å². The van der Waals surface area contributed by atoms with Crippen molar-refractivity contribution in [3.05, 3.63) is 213 Å². The average molecular weight is 1100 g/mol.